The predicted molar refractivity (Wildman–Crippen MR) is 73.5 cm³/mol. The van der Waals surface area contributed by atoms with Crippen molar-refractivity contribution in [2.45, 2.75) is 45.7 Å². The van der Waals surface area contributed by atoms with Crippen molar-refractivity contribution in [1.29, 1.82) is 0 Å². The molecule has 1 aliphatic rings. The van der Waals surface area contributed by atoms with Gasteiger partial charge in [-0.05, 0) is 39.8 Å². The van der Waals surface area contributed by atoms with E-state index in [1.165, 1.54) is 24.4 Å². The fourth-order valence-corrected chi connectivity index (χ4v) is 3.42. The maximum atomic E-state index is 4.61. The number of thiazole rings is 1. The molecule has 0 bridgehead atoms. The molecule has 0 aromatic carbocycles. The van der Waals surface area contributed by atoms with E-state index >= 15 is 0 Å². The maximum absolute atomic E-state index is 4.61. The lowest BCUT2D eigenvalue weighted by molar-refractivity contribution is 0.146. The molecule has 0 radical (unpaired) electrons. The summed E-state index contributed by atoms with van der Waals surface area (Å²) in [5, 5.41) is 6.98. The third kappa shape index (κ3) is 3.27. The van der Waals surface area contributed by atoms with Crippen LogP contribution in [0.4, 0.5) is 0 Å². The summed E-state index contributed by atoms with van der Waals surface area (Å²) in [5.41, 5.74) is 1.15. The first-order valence-electron chi connectivity index (χ1n) is 6.60. The van der Waals surface area contributed by atoms with Crippen LogP contribution in [0.25, 0.3) is 0 Å². The minimum absolute atomic E-state index is 0.468. The van der Waals surface area contributed by atoms with Crippen molar-refractivity contribution in [2.75, 3.05) is 19.6 Å². The topological polar surface area (TPSA) is 28.2 Å². The Labute approximate surface area is 108 Å². The van der Waals surface area contributed by atoms with Gasteiger partial charge in [0.2, 0.25) is 0 Å². The summed E-state index contributed by atoms with van der Waals surface area (Å²) in [4.78, 5) is 7.18. The van der Waals surface area contributed by atoms with Gasteiger partial charge in [0.25, 0.3) is 0 Å². The second-order valence-electron chi connectivity index (χ2n) is 4.89. The number of likely N-dealkylation sites (tertiary alicyclic amines) is 1. The van der Waals surface area contributed by atoms with Crippen LogP contribution in [0.15, 0.2) is 5.38 Å². The molecule has 3 nitrogen and oxygen atoms in total. The minimum atomic E-state index is 0.468. The van der Waals surface area contributed by atoms with Crippen molar-refractivity contribution in [3.63, 3.8) is 0 Å². The highest BCUT2D eigenvalue weighted by Crippen LogP contribution is 2.26. The predicted octanol–water partition coefficient (Wildman–Crippen LogP) is 2.59. The average Bonchev–Trinajstić information content (AvgIpc) is 2.76. The molecule has 2 rings (SSSR count). The van der Waals surface area contributed by atoms with Crippen LogP contribution in [0.5, 0.6) is 0 Å². The molecule has 1 aromatic heterocycles. The van der Waals surface area contributed by atoms with Crippen LogP contribution in [0.2, 0.25) is 0 Å². The zero-order chi connectivity index (χ0) is 12.3. The second kappa shape index (κ2) is 5.94. The first-order chi connectivity index (χ1) is 8.20. The lowest BCUT2D eigenvalue weighted by atomic mass is 10.0. The molecule has 0 spiro atoms. The van der Waals surface area contributed by atoms with E-state index in [0.29, 0.717) is 12.1 Å². The minimum Gasteiger partial charge on any atom is -0.313 e. The Morgan fingerprint density at radius 1 is 1.65 bits per heavy atom. The molecule has 1 N–H and O–H groups in total. The summed E-state index contributed by atoms with van der Waals surface area (Å²) in [5.74, 6) is 0. The smallest absolute Gasteiger partial charge is 0.110 e. The fourth-order valence-electron chi connectivity index (χ4n) is 2.53. The molecule has 2 unspecified atom stereocenters. The van der Waals surface area contributed by atoms with E-state index < -0.39 is 0 Å². The average molecular weight is 253 g/mol. The van der Waals surface area contributed by atoms with Crippen LogP contribution < -0.4 is 5.32 Å². The highest BCUT2D eigenvalue weighted by molar-refractivity contribution is 7.09. The lowest BCUT2D eigenvalue weighted by Crippen LogP contribution is -2.46. The van der Waals surface area contributed by atoms with Gasteiger partial charge in [0.05, 0.1) is 6.04 Å². The third-order valence-electron chi connectivity index (χ3n) is 3.49. The molecular weight excluding hydrogens is 230 g/mol. The number of rotatable bonds is 4. The summed E-state index contributed by atoms with van der Waals surface area (Å²) in [7, 11) is 0. The zero-order valence-corrected chi connectivity index (χ0v) is 11.9. The van der Waals surface area contributed by atoms with Crippen molar-refractivity contribution in [3.05, 3.63) is 16.1 Å². The Morgan fingerprint density at radius 2 is 2.47 bits per heavy atom. The van der Waals surface area contributed by atoms with E-state index in [2.05, 4.69) is 41.4 Å². The number of nitrogens with zero attached hydrogens (tertiary/aromatic N) is 2. The summed E-state index contributed by atoms with van der Waals surface area (Å²) in [6, 6.07) is 1.13. The molecule has 2 heterocycles. The Balaban J connectivity index is 1.97. The number of hydrogen-bond donors (Lipinski definition) is 1. The van der Waals surface area contributed by atoms with Gasteiger partial charge >= 0.3 is 0 Å². The Kier molecular flexibility index (Phi) is 4.54. The summed E-state index contributed by atoms with van der Waals surface area (Å²) >= 11 is 1.79. The molecule has 1 saturated heterocycles. The number of nitrogens with one attached hydrogen (secondary N) is 1. The van der Waals surface area contributed by atoms with E-state index in [1.807, 2.05) is 0 Å². The molecule has 96 valence electrons. The van der Waals surface area contributed by atoms with Crippen molar-refractivity contribution >= 4 is 11.3 Å². The normalized spacial score (nSPS) is 23.8. The van der Waals surface area contributed by atoms with Crippen molar-refractivity contribution in [3.8, 4) is 0 Å². The van der Waals surface area contributed by atoms with Crippen LogP contribution in [0.3, 0.4) is 0 Å². The van der Waals surface area contributed by atoms with Gasteiger partial charge in [0.15, 0.2) is 0 Å². The van der Waals surface area contributed by atoms with Gasteiger partial charge in [-0.1, -0.05) is 6.92 Å². The molecule has 1 aliphatic heterocycles. The van der Waals surface area contributed by atoms with E-state index in [9.17, 15) is 0 Å². The van der Waals surface area contributed by atoms with Gasteiger partial charge in [0, 0.05) is 23.7 Å². The van der Waals surface area contributed by atoms with Crippen LogP contribution in [0, 0.1) is 6.92 Å². The van der Waals surface area contributed by atoms with Crippen LogP contribution in [-0.2, 0) is 0 Å². The Hall–Kier alpha value is -0.450. The summed E-state index contributed by atoms with van der Waals surface area (Å²) in [6.45, 7) is 9.99. The highest BCUT2D eigenvalue weighted by Gasteiger charge is 2.25. The van der Waals surface area contributed by atoms with Gasteiger partial charge < -0.3 is 5.32 Å². The third-order valence-corrected chi connectivity index (χ3v) is 4.62. The maximum Gasteiger partial charge on any atom is 0.110 e. The number of piperidine rings is 1. The van der Waals surface area contributed by atoms with E-state index in [0.717, 1.165) is 18.8 Å². The SMILES string of the molecule is CCNC1CCCN(C(C)c2nc(C)cs2)C1. The summed E-state index contributed by atoms with van der Waals surface area (Å²) < 4.78 is 0. The number of aryl methyl sites for hydroxylation is 1. The standard InChI is InChI=1S/C13H23N3S/c1-4-14-12-6-5-7-16(8-12)11(3)13-15-10(2)9-17-13/h9,11-12,14H,4-8H2,1-3H3. The van der Waals surface area contributed by atoms with Gasteiger partial charge in [-0.2, -0.15) is 0 Å². The Morgan fingerprint density at radius 3 is 3.12 bits per heavy atom. The lowest BCUT2D eigenvalue weighted by Gasteiger charge is -2.36. The van der Waals surface area contributed by atoms with Crippen LogP contribution in [-0.4, -0.2) is 35.6 Å². The van der Waals surface area contributed by atoms with Gasteiger partial charge in [0.1, 0.15) is 5.01 Å². The highest BCUT2D eigenvalue weighted by atomic mass is 32.1. The Bertz CT molecular complexity index is 348. The van der Waals surface area contributed by atoms with Gasteiger partial charge in [-0.3, -0.25) is 4.90 Å². The molecule has 1 aromatic rings. The first kappa shape index (κ1) is 13.0. The number of hydrogen-bond acceptors (Lipinski definition) is 4. The zero-order valence-electron chi connectivity index (χ0n) is 11.1. The number of likely N-dealkylation sites (N-methyl/N-ethyl adjacent to an activating group) is 1. The monoisotopic (exact) mass is 253 g/mol. The molecule has 1 fully saturated rings. The molecule has 0 saturated carbocycles. The number of aromatic nitrogens is 1. The van der Waals surface area contributed by atoms with Gasteiger partial charge in [-0.15, -0.1) is 11.3 Å². The van der Waals surface area contributed by atoms with E-state index in [4.69, 9.17) is 0 Å². The molecule has 0 aliphatic carbocycles. The van der Waals surface area contributed by atoms with Crippen molar-refractivity contribution in [2.24, 2.45) is 0 Å². The summed E-state index contributed by atoms with van der Waals surface area (Å²) in [6.07, 6.45) is 2.61. The molecule has 4 heteroatoms. The molecule has 2 atom stereocenters. The quantitative estimate of drug-likeness (QED) is 0.894. The van der Waals surface area contributed by atoms with Crippen LogP contribution in [0.1, 0.15) is 43.4 Å². The second-order valence-corrected chi connectivity index (χ2v) is 5.78. The van der Waals surface area contributed by atoms with Crippen LogP contribution >= 0.6 is 11.3 Å². The van der Waals surface area contributed by atoms with E-state index in [1.54, 1.807) is 11.3 Å². The van der Waals surface area contributed by atoms with E-state index in [-0.39, 0.29) is 0 Å². The largest absolute Gasteiger partial charge is 0.313 e. The first-order valence-corrected chi connectivity index (χ1v) is 7.48. The molecule has 17 heavy (non-hydrogen) atoms. The molecule has 0 amide bonds. The molecular formula is C13H23N3S. The van der Waals surface area contributed by atoms with Crippen molar-refractivity contribution < 1.29 is 0 Å². The van der Waals surface area contributed by atoms with Gasteiger partial charge in [-0.25, -0.2) is 4.98 Å². The van der Waals surface area contributed by atoms with Crippen molar-refractivity contribution in [1.82, 2.24) is 15.2 Å². The fraction of sp³-hybridized carbons (Fsp3) is 0.769.